The molecule has 5 nitrogen and oxygen atoms in total. The lowest BCUT2D eigenvalue weighted by Crippen LogP contribution is -2.06. The lowest BCUT2D eigenvalue weighted by Gasteiger charge is -2.18. The molecular weight excluding hydrogens is 258 g/mol. The first kappa shape index (κ1) is 12.7. The van der Waals surface area contributed by atoms with Crippen molar-refractivity contribution >= 4 is 11.5 Å². The van der Waals surface area contributed by atoms with Crippen LogP contribution in [0.3, 0.4) is 0 Å². The van der Waals surface area contributed by atoms with Crippen molar-refractivity contribution in [1.82, 2.24) is 24.8 Å². The van der Waals surface area contributed by atoms with Gasteiger partial charge >= 0.3 is 0 Å². The van der Waals surface area contributed by atoms with Crippen molar-refractivity contribution in [2.45, 2.75) is 57.8 Å². The topological polar surface area (TPSA) is 67.3 Å². The summed E-state index contributed by atoms with van der Waals surface area (Å²) in [5, 5.41) is 11.7. The Labute approximate surface area is 117 Å². The highest BCUT2D eigenvalue weighted by Crippen LogP contribution is 2.33. The molecule has 2 aromatic rings. The summed E-state index contributed by atoms with van der Waals surface area (Å²) in [5.41, 5.74) is 0.999. The zero-order valence-corrected chi connectivity index (χ0v) is 12.2. The van der Waals surface area contributed by atoms with E-state index < -0.39 is 0 Å². The molecule has 0 atom stereocenters. The molecule has 0 bridgehead atoms. The molecule has 0 saturated heterocycles. The first-order chi connectivity index (χ1) is 9.25. The Morgan fingerprint density at radius 1 is 1.21 bits per heavy atom. The van der Waals surface area contributed by atoms with Crippen LogP contribution in [0, 0.1) is 0 Å². The summed E-state index contributed by atoms with van der Waals surface area (Å²) in [6.07, 6.45) is 6.42. The monoisotopic (exact) mass is 277 g/mol. The molecule has 1 aliphatic rings. The third kappa shape index (κ3) is 2.54. The molecule has 19 heavy (non-hydrogen) atoms. The number of aromatic amines is 1. The van der Waals surface area contributed by atoms with Gasteiger partial charge in [-0.15, -0.1) is 5.10 Å². The summed E-state index contributed by atoms with van der Waals surface area (Å²) in [7, 11) is 0. The van der Waals surface area contributed by atoms with Crippen LogP contribution in [-0.2, 0) is 0 Å². The molecule has 0 aromatic carbocycles. The molecule has 0 amide bonds. The Bertz CT molecular complexity index is 539. The molecule has 1 aliphatic carbocycles. The van der Waals surface area contributed by atoms with Gasteiger partial charge in [0.05, 0.1) is 5.69 Å². The fraction of sp³-hybridized carbons (Fsp3) is 0.692. The Morgan fingerprint density at radius 2 is 2.00 bits per heavy atom. The fourth-order valence-corrected chi connectivity index (χ4v) is 3.42. The van der Waals surface area contributed by atoms with Crippen LogP contribution >= 0.6 is 11.5 Å². The molecule has 2 aromatic heterocycles. The third-order valence-electron chi connectivity index (χ3n) is 3.76. The van der Waals surface area contributed by atoms with E-state index in [4.69, 9.17) is 0 Å². The number of hydrogen-bond donors (Lipinski definition) is 1. The van der Waals surface area contributed by atoms with Crippen LogP contribution < -0.4 is 0 Å². The van der Waals surface area contributed by atoms with E-state index in [9.17, 15) is 0 Å². The maximum Gasteiger partial charge on any atom is 0.194 e. The van der Waals surface area contributed by atoms with Gasteiger partial charge in [-0.3, -0.25) is 5.10 Å². The summed E-state index contributed by atoms with van der Waals surface area (Å²) in [6.45, 7) is 4.24. The molecule has 0 unspecified atom stereocenters. The van der Waals surface area contributed by atoms with Crippen LogP contribution in [0.5, 0.6) is 0 Å². The number of H-pyrrole nitrogens is 1. The average molecular weight is 277 g/mol. The molecule has 0 aliphatic heterocycles. The number of hydrogen-bond acceptors (Lipinski definition) is 5. The number of nitrogens with zero attached hydrogens (tertiary/aromatic N) is 4. The van der Waals surface area contributed by atoms with Crippen LogP contribution in [-0.4, -0.2) is 24.8 Å². The average Bonchev–Trinajstić information content (AvgIpc) is 3.08. The van der Waals surface area contributed by atoms with Crippen molar-refractivity contribution in [3.05, 3.63) is 11.5 Å². The van der Waals surface area contributed by atoms with Gasteiger partial charge in [-0.1, -0.05) is 37.6 Å². The smallest absolute Gasteiger partial charge is 0.194 e. The molecule has 1 fully saturated rings. The van der Waals surface area contributed by atoms with E-state index in [0.717, 1.165) is 22.2 Å². The molecule has 6 heteroatoms. The lowest BCUT2D eigenvalue weighted by atomic mass is 9.89. The van der Waals surface area contributed by atoms with Crippen molar-refractivity contribution in [2.24, 2.45) is 0 Å². The van der Waals surface area contributed by atoms with E-state index in [2.05, 4.69) is 38.6 Å². The van der Waals surface area contributed by atoms with Crippen LogP contribution in [0.15, 0.2) is 0 Å². The zero-order valence-electron chi connectivity index (χ0n) is 11.4. The minimum atomic E-state index is 0.352. The Balaban J connectivity index is 1.86. The Kier molecular flexibility index (Phi) is 3.59. The van der Waals surface area contributed by atoms with Gasteiger partial charge in [0.25, 0.3) is 0 Å². The van der Waals surface area contributed by atoms with Gasteiger partial charge in [-0.25, -0.2) is 4.98 Å². The molecule has 0 spiro atoms. The van der Waals surface area contributed by atoms with Crippen LogP contribution in [0.25, 0.3) is 10.7 Å². The summed E-state index contributed by atoms with van der Waals surface area (Å²) < 4.78 is 4.04. The van der Waals surface area contributed by atoms with Gasteiger partial charge in [-0.2, -0.15) is 5.10 Å². The first-order valence-electron chi connectivity index (χ1n) is 7.00. The van der Waals surface area contributed by atoms with Gasteiger partial charge in [-0.05, 0) is 30.3 Å². The number of nitrogens with one attached hydrogen (secondary N) is 1. The van der Waals surface area contributed by atoms with Gasteiger partial charge < -0.3 is 0 Å². The number of rotatable bonds is 3. The summed E-state index contributed by atoms with van der Waals surface area (Å²) in [6, 6.07) is 0. The molecule has 1 saturated carbocycles. The Morgan fingerprint density at radius 3 is 2.74 bits per heavy atom. The maximum absolute atomic E-state index is 4.68. The van der Waals surface area contributed by atoms with E-state index in [0.29, 0.717) is 11.8 Å². The van der Waals surface area contributed by atoms with Crippen molar-refractivity contribution in [3.8, 4) is 10.7 Å². The van der Waals surface area contributed by atoms with E-state index in [1.807, 2.05) is 0 Å². The lowest BCUT2D eigenvalue weighted by molar-refractivity contribution is 0.429. The van der Waals surface area contributed by atoms with Crippen molar-refractivity contribution in [2.75, 3.05) is 0 Å². The van der Waals surface area contributed by atoms with Gasteiger partial charge in [0.2, 0.25) is 0 Å². The normalized spacial score (nSPS) is 17.2. The quantitative estimate of drug-likeness (QED) is 0.932. The molecule has 1 N–H and O–H groups in total. The highest BCUT2D eigenvalue weighted by Gasteiger charge is 2.22. The first-order valence-corrected chi connectivity index (χ1v) is 7.78. The van der Waals surface area contributed by atoms with Crippen LogP contribution in [0.4, 0.5) is 0 Å². The van der Waals surface area contributed by atoms with E-state index in [1.165, 1.54) is 43.6 Å². The van der Waals surface area contributed by atoms with Crippen molar-refractivity contribution in [1.29, 1.82) is 0 Å². The van der Waals surface area contributed by atoms with Crippen molar-refractivity contribution in [3.63, 3.8) is 0 Å². The number of aromatic nitrogens is 5. The second-order valence-corrected chi connectivity index (χ2v) is 6.28. The van der Waals surface area contributed by atoms with Crippen molar-refractivity contribution < 1.29 is 0 Å². The van der Waals surface area contributed by atoms with E-state index >= 15 is 0 Å². The van der Waals surface area contributed by atoms with Gasteiger partial charge in [0, 0.05) is 5.92 Å². The highest BCUT2D eigenvalue weighted by molar-refractivity contribution is 7.09. The predicted molar refractivity (Wildman–Crippen MR) is 75.2 cm³/mol. The predicted octanol–water partition coefficient (Wildman–Crippen LogP) is 3.49. The van der Waals surface area contributed by atoms with E-state index in [-0.39, 0.29) is 0 Å². The minimum absolute atomic E-state index is 0.352. The summed E-state index contributed by atoms with van der Waals surface area (Å²) >= 11 is 1.38. The second kappa shape index (κ2) is 5.36. The summed E-state index contributed by atoms with van der Waals surface area (Å²) in [4.78, 5) is 5.69. The van der Waals surface area contributed by atoms with Gasteiger partial charge in [0.15, 0.2) is 5.82 Å². The van der Waals surface area contributed by atoms with Gasteiger partial charge in [0.1, 0.15) is 10.7 Å². The minimum Gasteiger partial charge on any atom is -0.262 e. The highest BCUT2D eigenvalue weighted by atomic mass is 32.1. The van der Waals surface area contributed by atoms with Crippen LogP contribution in [0.2, 0.25) is 0 Å². The molecule has 2 heterocycles. The zero-order chi connectivity index (χ0) is 13.2. The fourth-order valence-electron chi connectivity index (χ4n) is 2.66. The largest absolute Gasteiger partial charge is 0.262 e. The van der Waals surface area contributed by atoms with Crippen LogP contribution in [0.1, 0.15) is 69.3 Å². The van der Waals surface area contributed by atoms with E-state index in [1.54, 1.807) is 0 Å². The Hall–Kier alpha value is -1.30. The second-order valence-electron chi connectivity index (χ2n) is 5.52. The third-order valence-corrected chi connectivity index (χ3v) is 4.50. The summed E-state index contributed by atoms with van der Waals surface area (Å²) in [5.74, 6) is 2.71. The standard InChI is InChI=1S/C13H19N5S/c1-8(2)10-11(19-18-15-10)13-14-12(16-17-13)9-6-4-3-5-7-9/h8-9H,3-7H2,1-2H3,(H,14,16,17). The molecular formula is C13H19N5S. The molecule has 102 valence electrons. The molecule has 3 rings (SSSR count). The molecule has 0 radical (unpaired) electrons. The SMILES string of the molecule is CC(C)c1nnsc1-c1n[nH]c(C2CCCCC2)n1. The maximum atomic E-state index is 4.68.